The van der Waals surface area contributed by atoms with Crippen LogP contribution < -0.4 is 0 Å². The van der Waals surface area contributed by atoms with Crippen LogP contribution in [-0.4, -0.2) is 21.7 Å². The van der Waals surface area contributed by atoms with Crippen LogP contribution in [0.2, 0.25) is 0 Å². The quantitative estimate of drug-likeness (QED) is 0.735. The number of aromatic nitrogens is 2. The summed E-state index contributed by atoms with van der Waals surface area (Å²) in [6.07, 6.45) is 7.83. The fourth-order valence-electron chi connectivity index (χ4n) is 3.19. The Bertz CT molecular complexity index is 828. The predicted molar refractivity (Wildman–Crippen MR) is 93.6 cm³/mol. The fourth-order valence-corrected chi connectivity index (χ4v) is 3.19. The molecule has 0 saturated heterocycles. The van der Waals surface area contributed by atoms with Crippen molar-refractivity contribution in [3.8, 4) is 0 Å². The van der Waals surface area contributed by atoms with Crippen molar-refractivity contribution in [1.29, 1.82) is 0 Å². The van der Waals surface area contributed by atoms with Gasteiger partial charge in [-0.2, -0.15) is 0 Å². The molecular weight excluding hydrogens is 298 g/mol. The largest absolute Gasteiger partial charge is 0.405 e. The van der Waals surface area contributed by atoms with Crippen LogP contribution in [0.3, 0.4) is 0 Å². The highest BCUT2D eigenvalue weighted by atomic mass is 16.7. The van der Waals surface area contributed by atoms with E-state index in [4.69, 9.17) is 4.84 Å². The van der Waals surface area contributed by atoms with E-state index in [-0.39, 0.29) is 5.54 Å². The second kappa shape index (κ2) is 5.98. The first-order chi connectivity index (χ1) is 11.8. The summed E-state index contributed by atoms with van der Waals surface area (Å²) in [5.41, 5.74) is 1.88. The van der Waals surface area contributed by atoms with Gasteiger partial charge >= 0.3 is 0 Å². The van der Waals surface area contributed by atoms with Gasteiger partial charge < -0.3 is 9.40 Å². The molecule has 120 valence electrons. The molecule has 2 aromatic carbocycles. The molecule has 4 rings (SSSR count). The number of rotatable bonds is 4. The van der Waals surface area contributed by atoms with Gasteiger partial charge in [-0.15, -0.1) is 5.06 Å². The second-order valence-corrected chi connectivity index (χ2v) is 5.99. The second-order valence-electron chi connectivity index (χ2n) is 5.99. The maximum atomic E-state index is 6.13. The summed E-state index contributed by atoms with van der Waals surface area (Å²) in [6.45, 7) is 0.726. The average Bonchev–Trinajstić information content (AvgIpc) is 3.26. The Morgan fingerprint density at radius 3 is 2.38 bits per heavy atom. The Morgan fingerprint density at radius 2 is 1.71 bits per heavy atom. The lowest BCUT2D eigenvalue weighted by Crippen LogP contribution is -2.41. The molecule has 0 amide bonds. The summed E-state index contributed by atoms with van der Waals surface area (Å²) in [5, 5.41) is 1.94. The minimum absolute atomic E-state index is 0.382. The van der Waals surface area contributed by atoms with Gasteiger partial charge in [-0.1, -0.05) is 60.7 Å². The van der Waals surface area contributed by atoms with E-state index in [1.54, 1.807) is 6.20 Å². The number of hydrogen-bond donors (Lipinski definition) is 0. The van der Waals surface area contributed by atoms with Crippen molar-refractivity contribution in [2.45, 2.75) is 12.1 Å². The first kappa shape index (κ1) is 14.7. The maximum Gasteiger partial charge on any atom is 0.153 e. The van der Waals surface area contributed by atoms with Crippen LogP contribution in [0, 0.1) is 0 Å². The third kappa shape index (κ3) is 2.51. The lowest BCUT2D eigenvalue weighted by atomic mass is 9.88. The monoisotopic (exact) mass is 317 g/mol. The molecule has 0 radical (unpaired) electrons. The van der Waals surface area contributed by atoms with Crippen molar-refractivity contribution in [1.82, 2.24) is 14.6 Å². The summed E-state index contributed by atoms with van der Waals surface area (Å²) in [4.78, 5) is 10.3. The molecule has 2 heterocycles. The summed E-state index contributed by atoms with van der Waals surface area (Å²) in [6, 6.07) is 20.6. The highest BCUT2D eigenvalue weighted by Crippen LogP contribution is 2.41. The van der Waals surface area contributed by atoms with E-state index < -0.39 is 0 Å². The average molecular weight is 317 g/mol. The molecule has 1 atom stereocenters. The van der Waals surface area contributed by atoms with E-state index in [2.05, 4.69) is 52.0 Å². The highest BCUT2D eigenvalue weighted by Gasteiger charge is 2.42. The molecule has 0 aliphatic carbocycles. The Hall–Kier alpha value is -2.85. The zero-order valence-corrected chi connectivity index (χ0v) is 13.5. The molecule has 4 heteroatoms. The summed E-state index contributed by atoms with van der Waals surface area (Å²) >= 11 is 0. The van der Waals surface area contributed by atoms with E-state index in [0.29, 0.717) is 0 Å². The number of likely N-dealkylation sites (N-methyl/N-ethyl adjacent to an activating group) is 1. The Balaban J connectivity index is 1.82. The third-order valence-electron chi connectivity index (χ3n) is 4.48. The number of hydroxylamine groups is 2. The summed E-state index contributed by atoms with van der Waals surface area (Å²) in [7, 11) is 1.98. The number of imidazole rings is 1. The molecule has 0 N–H and O–H groups in total. The molecule has 24 heavy (non-hydrogen) atoms. The lowest BCUT2D eigenvalue weighted by Gasteiger charge is -2.33. The SMILES string of the molecule is CN1OC(c2ccccc2)=CC1(Cn1ccnc1)c1ccccc1. The van der Waals surface area contributed by atoms with Crippen LogP contribution in [0.1, 0.15) is 11.1 Å². The predicted octanol–water partition coefficient (Wildman–Crippen LogP) is 3.70. The molecule has 0 bridgehead atoms. The molecule has 1 aliphatic heterocycles. The van der Waals surface area contributed by atoms with Crippen molar-refractivity contribution in [2.24, 2.45) is 0 Å². The first-order valence-corrected chi connectivity index (χ1v) is 7.99. The van der Waals surface area contributed by atoms with Gasteiger partial charge in [0.2, 0.25) is 0 Å². The van der Waals surface area contributed by atoms with Crippen molar-refractivity contribution >= 4 is 5.76 Å². The summed E-state index contributed by atoms with van der Waals surface area (Å²) < 4.78 is 2.08. The van der Waals surface area contributed by atoms with Crippen LogP contribution in [0.25, 0.3) is 5.76 Å². The van der Waals surface area contributed by atoms with E-state index in [0.717, 1.165) is 17.9 Å². The smallest absolute Gasteiger partial charge is 0.153 e. The van der Waals surface area contributed by atoms with Gasteiger partial charge in [0.1, 0.15) is 5.54 Å². The Kier molecular flexibility index (Phi) is 3.67. The summed E-state index contributed by atoms with van der Waals surface area (Å²) in [5.74, 6) is 0.877. The molecule has 4 nitrogen and oxygen atoms in total. The van der Waals surface area contributed by atoms with Crippen LogP contribution >= 0.6 is 0 Å². The van der Waals surface area contributed by atoms with Crippen LogP contribution in [0.5, 0.6) is 0 Å². The van der Waals surface area contributed by atoms with Gasteiger partial charge in [-0.05, 0) is 11.6 Å². The van der Waals surface area contributed by atoms with E-state index >= 15 is 0 Å². The minimum Gasteiger partial charge on any atom is -0.405 e. The van der Waals surface area contributed by atoms with Gasteiger partial charge in [0, 0.05) is 25.0 Å². The maximum absolute atomic E-state index is 6.13. The van der Waals surface area contributed by atoms with Gasteiger partial charge in [-0.25, -0.2) is 4.98 Å². The van der Waals surface area contributed by atoms with Crippen LogP contribution in [0.15, 0.2) is 85.5 Å². The van der Waals surface area contributed by atoms with Crippen LogP contribution in [-0.2, 0) is 16.9 Å². The van der Waals surface area contributed by atoms with E-state index in [1.165, 1.54) is 5.56 Å². The minimum atomic E-state index is -0.382. The molecule has 0 spiro atoms. The molecule has 1 aromatic heterocycles. The number of benzene rings is 2. The molecule has 3 aromatic rings. The van der Waals surface area contributed by atoms with E-state index in [1.807, 2.05) is 48.9 Å². The van der Waals surface area contributed by atoms with Crippen LogP contribution in [0.4, 0.5) is 0 Å². The molecule has 1 aliphatic rings. The molecule has 0 fully saturated rings. The number of hydrogen-bond acceptors (Lipinski definition) is 3. The lowest BCUT2D eigenvalue weighted by molar-refractivity contribution is -0.117. The third-order valence-corrected chi connectivity index (χ3v) is 4.48. The van der Waals surface area contributed by atoms with Crippen molar-refractivity contribution in [3.05, 3.63) is 96.6 Å². The van der Waals surface area contributed by atoms with Crippen molar-refractivity contribution in [3.63, 3.8) is 0 Å². The standard InChI is InChI=1S/C20H19N3O/c1-22-20(15-23-13-12-21-16-23,18-10-6-3-7-11-18)14-19(24-22)17-8-4-2-5-9-17/h2-14,16H,15H2,1H3. The topological polar surface area (TPSA) is 30.3 Å². The zero-order chi connectivity index (χ0) is 16.4. The molecule has 0 saturated carbocycles. The Morgan fingerprint density at radius 1 is 1.00 bits per heavy atom. The highest BCUT2D eigenvalue weighted by molar-refractivity contribution is 5.63. The van der Waals surface area contributed by atoms with Crippen molar-refractivity contribution < 1.29 is 4.84 Å². The molecule has 1 unspecified atom stereocenters. The fraction of sp³-hybridized carbons (Fsp3) is 0.150. The first-order valence-electron chi connectivity index (χ1n) is 7.99. The van der Waals surface area contributed by atoms with Gasteiger partial charge in [0.05, 0.1) is 12.9 Å². The van der Waals surface area contributed by atoms with Gasteiger partial charge in [0.25, 0.3) is 0 Å². The Labute approximate surface area is 141 Å². The molecular formula is C20H19N3O. The van der Waals surface area contributed by atoms with E-state index in [9.17, 15) is 0 Å². The van der Waals surface area contributed by atoms with Crippen molar-refractivity contribution in [2.75, 3.05) is 7.05 Å². The number of nitrogens with zero attached hydrogens (tertiary/aromatic N) is 3. The van der Waals surface area contributed by atoms with Gasteiger partial charge in [0.15, 0.2) is 5.76 Å². The zero-order valence-electron chi connectivity index (χ0n) is 13.5. The normalized spacial score (nSPS) is 20.6. The van der Waals surface area contributed by atoms with Gasteiger partial charge in [-0.3, -0.25) is 0 Å².